The molecule has 1 aromatic heterocycles. The quantitative estimate of drug-likeness (QED) is 0.735. The fraction of sp³-hybridized carbons (Fsp3) is 0.182. The van der Waals surface area contributed by atoms with E-state index in [0.717, 1.165) is 5.56 Å². The molecule has 0 aliphatic heterocycles. The van der Waals surface area contributed by atoms with Gasteiger partial charge in [0.25, 0.3) is 0 Å². The Balaban J connectivity index is 2.29. The minimum atomic E-state index is -0.279. The van der Waals surface area contributed by atoms with Crippen LogP contribution in [0, 0.1) is 0 Å². The Labute approximate surface area is 97.9 Å². The van der Waals surface area contributed by atoms with Gasteiger partial charge in [0.05, 0.1) is 6.21 Å². The van der Waals surface area contributed by atoms with Gasteiger partial charge in [-0.05, 0) is 5.56 Å². The SMILES string of the molecule is OCc1nnc(CO)n1/N=C\c1ccccc1. The summed E-state index contributed by atoms with van der Waals surface area (Å²) in [7, 11) is 0. The van der Waals surface area contributed by atoms with Gasteiger partial charge in [0.2, 0.25) is 0 Å². The highest BCUT2D eigenvalue weighted by atomic mass is 16.3. The Bertz CT molecular complexity index is 486. The van der Waals surface area contributed by atoms with Crippen molar-refractivity contribution in [3.05, 3.63) is 47.5 Å². The van der Waals surface area contributed by atoms with Crippen LogP contribution in [0.5, 0.6) is 0 Å². The Hall–Kier alpha value is -2.05. The second-order valence-corrected chi connectivity index (χ2v) is 3.32. The summed E-state index contributed by atoms with van der Waals surface area (Å²) in [5.41, 5.74) is 0.911. The molecule has 0 amide bonds. The zero-order chi connectivity index (χ0) is 12.1. The molecule has 0 aliphatic carbocycles. The topological polar surface area (TPSA) is 83.5 Å². The van der Waals surface area contributed by atoms with Crippen molar-refractivity contribution in [1.29, 1.82) is 0 Å². The number of hydrogen-bond donors (Lipinski definition) is 2. The largest absolute Gasteiger partial charge is 0.388 e. The lowest BCUT2D eigenvalue weighted by molar-refractivity contribution is 0.255. The third-order valence-electron chi connectivity index (χ3n) is 2.17. The summed E-state index contributed by atoms with van der Waals surface area (Å²) in [5.74, 6) is 0.586. The molecule has 6 nitrogen and oxygen atoms in total. The molecular formula is C11H12N4O2. The second-order valence-electron chi connectivity index (χ2n) is 3.32. The molecule has 0 spiro atoms. The average molecular weight is 232 g/mol. The Morgan fingerprint density at radius 1 is 1.06 bits per heavy atom. The van der Waals surface area contributed by atoms with Crippen LogP contribution < -0.4 is 0 Å². The molecule has 0 bridgehead atoms. The standard InChI is InChI=1S/C11H12N4O2/c16-7-10-13-14-11(8-17)15(10)12-6-9-4-2-1-3-5-9/h1-6,16-17H,7-8H2/b12-6-. The molecule has 0 fully saturated rings. The second kappa shape index (κ2) is 5.33. The molecule has 17 heavy (non-hydrogen) atoms. The number of aromatic nitrogens is 3. The van der Waals surface area contributed by atoms with Crippen LogP contribution in [-0.4, -0.2) is 31.3 Å². The molecular weight excluding hydrogens is 220 g/mol. The summed E-state index contributed by atoms with van der Waals surface area (Å²) >= 11 is 0. The van der Waals surface area contributed by atoms with Crippen molar-refractivity contribution in [2.45, 2.75) is 13.2 Å². The third kappa shape index (κ3) is 2.55. The highest BCUT2D eigenvalue weighted by Gasteiger charge is 2.08. The molecule has 2 N–H and O–H groups in total. The van der Waals surface area contributed by atoms with Crippen LogP contribution in [0.25, 0.3) is 0 Å². The average Bonchev–Trinajstić information content (AvgIpc) is 2.79. The lowest BCUT2D eigenvalue weighted by atomic mass is 10.2. The maximum absolute atomic E-state index is 9.05. The summed E-state index contributed by atoms with van der Waals surface area (Å²) in [5, 5.41) is 29.6. The lowest BCUT2D eigenvalue weighted by Crippen LogP contribution is -2.03. The number of aliphatic hydroxyl groups excluding tert-OH is 2. The van der Waals surface area contributed by atoms with Crippen molar-refractivity contribution >= 4 is 6.21 Å². The third-order valence-corrected chi connectivity index (χ3v) is 2.17. The summed E-state index contributed by atoms with van der Waals surface area (Å²) in [6, 6.07) is 9.49. The number of benzene rings is 1. The molecule has 0 saturated heterocycles. The van der Waals surface area contributed by atoms with Crippen LogP contribution in [0.15, 0.2) is 35.4 Å². The minimum Gasteiger partial charge on any atom is -0.388 e. The maximum atomic E-state index is 9.05. The molecule has 2 aromatic rings. The summed E-state index contributed by atoms with van der Waals surface area (Å²) in [6.07, 6.45) is 1.61. The van der Waals surface area contributed by atoms with Crippen LogP contribution in [0.3, 0.4) is 0 Å². The van der Waals surface area contributed by atoms with Gasteiger partial charge < -0.3 is 10.2 Å². The van der Waals surface area contributed by atoms with Gasteiger partial charge in [0.15, 0.2) is 11.6 Å². The van der Waals surface area contributed by atoms with Gasteiger partial charge in [-0.25, -0.2) is 0 Å². The van der Waals surface area contributed by atoms with E-state index in [1.54, 1.807) is 6.21 Å². The molecule has 0 atom stereocenters. The van der Waals surface area contributed by atoms with Crippen molar-refractivity contribution < 1.29 is 10.2 Å². The molecule has 2 rings (SSSR count). The fourth-order valence-corrected chi connectivity index (χ4v) is 1.34. The van der Waals surface area contributed by atoms with Crippen molar-refractivity contribution in [2.24, 2.45) is 5.10 Å². The molecule has 88 valence electrons. The van der Waals surface area contributed by atoms with E-state index in [4.69, 9.17) is 10.2 Å². The first-order valence-electron chi connectivity index (χ1n) is 5.09. The van der Waals surface area contributed by atoms with E-state index in [1.165, 1.54) is 4.68 Å². The van der Waals surface area contributed by atoms with E-state index in [0.29, 0.717) is 11.6 Å². The normalized spacial score (nSPS) is 11.2. The van der Waals surface area contributed by atoms with Crippen LogP contribution in [0.2, 0.25) is 0 Å². The number of hydrogen-bond acceptors (Lipinski definition) is 5. The highest BCUT2D eigenvalue weighted by Crippen LogP contribution is 2.03. The first-order chi connectivity index (χ1) is 8.35. The summed E-state index contributed by atoms with van der Waals surface area (Å²) in [6.45, 7) is -0.557. The first-order valence-corrected chi connectivity index (χ1v) is 5.09. The van der Waals surface area contributed by atoms with Gasteiger partial charge in [-0.2, -0.15) is 9.78 Å². The van der Waals surface area contributed by atoms with Crippen molar-refractivity contribution in [2.75, 3.05) is 0 Å². The van der Waals surface area contributed by atoms with Gasteiger partial charge in [0, 0.05) is 0 Å². The summed E-state index contributed by atoms with van der Waals surface area (Å²) < 4.78 is 1.33. The number of aliphatic hydroxyl groups is 2. The summed E-state index contributed by atoms with van der Waals surface area (Å²) in [4.78, 5) is 0. The van der Waals surface area contributed by atoms with Crippen molar-refractivity contribution in [3.8, 4) is 0 Å². The Morgan fingerprint density at radius 2 is 1.65 bits per heavy atom. The van der Waals surface area contributed by atoms with E-state index in [9.17, 15) is 0 Å². The lowest BCUT2D eigenvalue weighted by Gasteiger charge is -1.99. The van der Waals surface area contributed by atoms with Gasteiger partial charge in [-0.15, -0.1) is 10.2 Å². The molecule has 0 aliphatic rings. The van der Waals surface area contributed by atoms with Gasteiger partial charge in [-0.1, -0.05) is 30.3 Å². The molecule has 0 saturated carbocycles. The van der Waals surface area contributed by atoms with E-state index in [1.807, 2.05) is 30.3 Å². The molecule has 0 unspecified atom stereocenters. The number of rotatable bonds is 4. The van der Waals surface area contributed by atoms with E-state index < -0.39 is 0 Å². The van der Waals surface area contributed by atoms with E-state index in [-0.39, 0.29) is 13.2 Å². The van der Waals surface area contributed by atoms with E-state index in [2.05, 4.69) is 15.3 Å². The Kier molecular flexibility index (Phi) is 3.59. The first kappa shape index (κ1) is 11.4. The van der Waals surface area contributed by atoms with Crippen LogP contribution in [0.4, 0.5) is 0 Å². The van der Waals surface area contributed by atoms with Crippen LogP contribution in [0.1, 0.15) is 17.2 Å². The highest BCUT2D eigenvalue weighted by molar-refractivity contribution is 5.79. The van der Waals surface area contributed by atoms with Gasteiger partial charge in [-0.3, -0.25) is 0 Å². The molecule has 6 heteroatoms. The monoisotopic (exact) mass is 232 g/mol. The zero-order valence-electron chi connectivity index (χ0n) is 9.06. The molecule has 1 heterocycles. The minimum absolute atomic E-state index is 0.279. The van der Waals surface area contributed by atoms with Gasteiger partial charge >= 0.3 is 0 Å². The predicted octanol–water partition coefficient (Wildman–Crippen LogP) is 0.145. The van der Waals surface area contributed by atoms with Gasteiger partial charge in [0.1, 0.15) is 13.2 Å². The molecule has 1 aromatic carbocycles. The maximum Gasteiger partial charge on any atom is 0.180 e. The molecule has 0 radical (unpaired) electrons. The van der Waals surface area contributed by atoms with Crippen molar-refractivity contribution in [1.82, 2.24) is 14.9 Å². The fourth-order valence-electron chi connectivity index (χ4n) is 1.34. The van der Waals surface area contributed by atoms with Crippen LogP contribution >= 0.6 is 0 Å². The van der Waals surface area contributed by atoms with Crippen molar-refractivity contribution in [3.63, 3.8) is 0 Å². The predicted molar refractivity (Wildman–Crippen MR) is 61.3 cm³/mol. The van der Waals surface area contributed by atoms with Crippen LogP contribution in [-0.2, 0) is 13.2 Å². The smallest absolute Gasteiger partial charge is 0.180 e. The zero-order valence-corrected chi connectivity index (χ0v) is 9.06. The van der Waals surface area contributed by atoms with E-state index >= 15 is 0 Å². The number of nitrogens with zero attached hydrogens (tertiary/aromatic N) is 4. The Morgan fingerprint density at radius 3 is 2.18 bits per heavy atom.